The number of ketones is 2. The molecule has 2 aromatic carbocycles. The summed E-state index contributed by atoms with van der Waals surface area (Å²) in [5, 5.41) is 9.72. The first-order valence-corrected chi connectivity index (χ1v) is 7.82. The molecule has 0 atom stereocenters. The zero-order valence-corrected chi connectivity index (χ0v) is 14.6. The number of aromatic hydroxyl groups is 1. The molecule has 27 heavy (non-hydrogen) atoms. The van der Waals surface area contributed by atoms with E-state index in [9.17, 15) is 24.3 Å². The highest BCUT2D eigenvalue weighted by Gasteiger charge is 2.12. The molecule has 0 spiro atoms. The Morgan fingerprint density at radius 2 is 1.26 bits per heavy atom. The maximum atomic E-state index is 11.3. The molecule has 0 heterocycles. The van der Waals surface area contributed by atoms with Gasteiger partial charge in [0.2, 0.25) is 11.6 Å². The van der Waals surface area contributed by atoms with Crippen molar-refractivity contribution in [3.05, 3.63) is 53.6 Å². The van der Waals surface area contributed by atoms with Crippen LogP contribution in [0, 0.1) is 0 Å². The highest BCUT2D eigenvalue weighted by atomic mass is 16.5. The van der Waals surface area contributed by atoms with Gasteiger partial charge in [0.05, 0.1) is 0 Å². The van der Waals surface area contributed by atoms with Gasteiger partial charge in [0, 0.05) is 19.9 Å². The number of ether oxygens (including phenoxy) is 2. The number of rotatable bonds is 6. The molecular weight excluding hydrogens is 352 g/mol. The molecule has 0 aliphatic carbocycles. The number of carbonyl (C=O) groups excluding carboxylic acids is 4. The summed E-state index contributed by atoms with van der Waals surface area (Å²) in [6, 6.07) is 10.5. The maximum Gasteiger partial charge on any atom is 0.379 e. The van der Waals surface area contributed by atoms with E-state index >= 15 is 0 Å². The summed E-state index contributed by atoms with van der Waals surface area (Å²) in [5.74, 6) is -3.25. The largest absolute Gasteiger partial charge is 0.508 e. The van der Waals surface area contributed by atoms with E-state index in [2.05, 4.69) is 0 Å². The molecule has 0 aromatic heterocycles. The van der Waals surface area contributed by atoms with Gasteiger partial charge in [-0.3, -0.25) is 9.59 Å². The standard InChI is InChI=1S/C20H16O7/c1-12(21)19(24)26-17-7-5-14(6-8-17)3-4-15-9-16(23)11-18(10-15)27-20(25)13(2)22/h3-11,23H,1-2H3. The van der Waals surface area contributed by atoms with Crippen molar-refractivity contribution in [1.82, 2.24) is 0 Å². The summed E-state index contributed by atoms with van der Waals surface area (Å²) in [6.45, 7) is 2.21. The van der Waals surface area contributed by atoms with Gasteiger partial charge in [0.15, 0.2) is 0 Å². The highest BCUT2D eigenvalue weighted by Crippen LogP contribution is 2.24. The summed E-state index contributed by atoms with van der Waals surface area (Å²) >= 11 is 0. The number of hydrogen-bond acceptors (Lipinski definition) is 7. The Morgan fingerprint density at radius 1 is 0.741 bits per heavy atom. The summed E-state index contributed by atoms with van der Waals surface area (Å²) in [7, 11) is 0. The first-order valence-electron chi connectivity index (χ1n) is 7.82. The molecule has 7 heteroatoms. The molecule has 0 saturated carbocycles. The smallest absolute Gasteiger partial charge is 0.379 e. The minimum atomic E-state index is -1.02. The zero-order chi connectivity index (χ0) is 20.0. The lowest BCUT2D eigenvalue weighted by Gasteiger charge is -2.05. The Hall–Kier alpha value is -3.74. The highest BCUT2D eigenvalue weighted by molar-refractivity contribution is 6.33. The van der Waals surface area contributed by atoms with Crippen molar-refractivity contribution in [2.45, 2.75) is 13.8 Å². The second kappa shape index (κ2) is 8.57. The van der Waals surface area contributed by atoms with Crippen molar-refractivity contribution < 1.29 is 33.8 Å². The molecule has 2 rings (SSSR count). The third-order valence-corrected chi connectivity index (χ3v) is 3.26. The predicted octanol–water partition coefficient (Wildman–Crippen LogP) is 2.55. The van der Waals surface area contributed by atoms with Crippen LogP contribution in [0.1, 0.15) is 25.0 Å². The molecule has 0 aliphatic heterocycles. The predicted molar refractivity (Wildman–Crippen MR) is 96.1 cm³/mol. The Balaban J connectivity index is 2.12. The first kappa shape index (κ1) is 19.6. The van der Waals surface area contributed by atoms with Crippen molar-refractivity contribution in [2.75, 3.05) is 0 Å². The summed E-state index contributed by atoms with van der Waals surface area (Å²) in [5.41, 5.74) is 1.29. The van der Waals surface area contributed by atoms with E-state index in [-0.39, 0.29) is 17.2 Å². The van der Waals surface area contributed by atoms with Gasteiger partial charge >= 0.3 is 11.9 Å². The SMILES string of the molecule is CC(=O)C(=O)Oc1ccc(C=Cc2cc(O)cc(OC(=O)C(C)=O)c2)cc1. The Labute approximate surface area is 154 Å². The van der Waals surface area contributed by atoms with E-state index < -0.39 is 23.5 Å². The van der Waals surface area contributed by atoms with Crippen LogP contribution in [0.5, 0.6) is 17.2 Å². The van der Waals surface area contributed by atoms with E-state index in [0.29, 0.717) is 5.56 Å². The molecule has 0 saturated heterocycles. The normalized spacial score (nSPS) is 10.4. The van der Waals surface area contributed by atoms with Gasteiger partial charge in [-0.05, 0) is 35.4 Å². The average Bonchev–Trinajstić information content (AvgIpc) is 2.60. The third kappa shape index (κ3) is 5.93. The molecule has 0 aliphatic rings. The molecule has 0 unspecified atom stereocenters. The Morgan fingerprint density at radius 3 is 1.81 bits per heavy atom. The van der Waals surface area contributed by atoms with Crippen molar-refractivity contribution in [1.29, 1.82) is 0 Å². The lowest BCUT2D eigenvalue weighted by molar-refractivity contribution is -0.146. The minimum Gasteiger partial charge on any atom is -0.508 e. The fourth-order valence-electron chi connectivity index (χ4n) is 1.96. The van der Waals surface area contributed by atoms with Gasteiger partial charge in [-0.25, -0.2) is 9.59 Å². The molecule has 1 N–H and O–H groups in total. The van der Waals surface area contributed by atoms with E-state index in [1.165, 1.54) is 30.3 Å². The third-order valence-electron chi connectivity index (χ3n) is 3.26. The van der Waals surface area contributed by atoms with Crippen LogP contribution >= 0.6 is 0 Å². The van der Waals surface area contributed by atoms with E-state index in [1.807, 2.05) is 0 Å². The minimum absolute atomic E-state index is 0.0429. The van der Waals surface area contributed by atoms with E-state index in [4.69, 9.17) is 9.47 Å². The summed E-state index contributed by atoms with van der Waals surface area (Å²) in [4.78, 5) is 44.4. The second-order valence-corrected chi connectivity index (χ2v) is 5.55. The monoisotopic (exact) mass is 368 g/mol. The van der Waals surface area contributed by atoms with Crippen molar-refractivity contribution >= 4 is 35.7 Å². The number of benzene rings is 2. The van der Waals surface area contributed by atoms with Crippen LogP contribution in [0.3, 0.4) is 0 Å². The Bertz CT molecular complexity index is 924. The summed E-state index contributed by atoms with van der Waals surface area (Å²) in [6.07, 6.45) is 3.36. The van der Waals surface area contributed by atoms with Gasteiger partial charge in [0.25, 0.3) is 0 Å². The fraction of sp³-hybridized carbons (Fsp3) is 0.100. The molecule has 0 fully saturated rings. The van der Waals surface area contributed by atoms with Crippen LogP contribution in [0.2, 0.25) is 0 Å². The van der Waals surface area contributed by atoms with Gasteiger partial charge in [-0.1, -0.05) is 24.3 Å². The Kier molecular flexibility index (Phi) is 6.22. The van der Waals surface area contributed by atoms with Crippen LogP contribution < -0.4 is 9.47 Å². The average molecular weight is 368 g/mol. The van der Waals surface area contributed by atoms with E-state index in [1.54, 1.807) is 24.3 Å². The fourth-order valence-corrected chi connectivity index (χ4v) is 1.96. The van der Waals surface area contributed by atoms with Gasteiger partial charge < -0.3 is 14.6 Å². The van der Waals surface area contributed by atoms with Crippen molar-refractivity contribution in [3.63, 3.8) is 0 Å². The molecule has 0 amide bonds. The van der Waals surface area contributed by atoms with Crippen LogP contribution in [0.25, 0.3) is 12.2 Å². The molecule has 7 nitrogen and oxygen atoms in total. The van der Waals surface area contributed by atoms with Gasteiger partial charge in [-0.2, -0.15) is 0 Å². The van der Waals surface area contributed by atoms with Crippen LogP contribution in [-0.2, 0) is 19.2 Å². The molecule has 138 valence electrons. The lowest BCUT2D eigenvalue weighted by Crippen LogP contribution is -2.16. The molecule has 0 bridgehead atoms. The molecule has 2 aromatic rings. The number of Topliss-reactive ketones (excluding diaryl/α,β-unsaturated/α-hetero) is 2. The number of phenolic OH excluding ortho intramolecular Hbond substituents is 1. The zero-order valence-electron chi connectivity index (χ0n) is 14.6. The maximum absolute atomic E-state index is 11.3. The van der Waals surface area contributed by atoms with Crippen LogP contribution in [0.15, 0.2) is 42.5 Å². The number of phenols is 1. The van der Waals surface area contributed by atoms with Crippen LogP contribution in [-0.4, -0.2) is 28.6 Å². The van der Waals surface area contributed by atoms with Crippen molar-refractivity contribution in [2.24, 2.45) is 0 Å². The quantitative estimate of drug-likeness (QED) is 0.361. The molecular formula is C20H16O7. The van der Waals surface area contributed by atoms with E-state index in [0.717, 1.165) is 19.4 Å². The lowest BCUT2D eigenvalue weighted by atomic mass is 10.1. The number of carbonyl (C=O) groups is 4. The van der Waals surface area contributed by atoms with Gasteiger partial charge in [-0.15, -0.1) is 0 Å². The topological polar surface area (TPSA) is 107 Å². The first-order chi connectivity index (χ1) is 12.7. The summed E-state index contributed by atoms with van der Waals surface area (Å²) < 4.78 is 9.72. The van der Waals surface area contributed by atoms with Crippen LogP contribution in [0.4, 0.5) is 0 Å². The number of hydrogen-bond donors (Lipinski definition) is 1. The second-order valence-electron chi connectivity index (χ2n) is 5.55. The molecule has 0 radical (unpaired) electrons. The number of esters is 2. The van der Waals surface area contributed by atoms with Crippen molar-refractivity contribution in [3.8, 4) is 17.2 Å². The van der Waals surface area contributed by atoms with Gasteiger partial charge in [0.1, 0.15) is 17.2 Å².